The summed E-state index contributed by atoms with van der Waals surface area (Å²) in [4.78, 5) is 29.2. The van der Waals surface area contributed by atoms with Gasteiger partial charge in [-0.15, -0.1) is 0 Å². The lowest BCUT2D eigenvalue weighted by Gasteiger charge is -2.30. The van der Waals surface area contributed by atoms with Gasteiger partial charge in [-0.1, -0.05) is 0 Å². The minimum Gasteiger partial charge on any atom is -0.343 e. The maximum atomic E-state index is 12.1. The number of nitrogens with zero attached hydrogens (tertiary/aromatic N) is 2. The van der Waals surface area contributed by atoms with Gasteiger partial charge in [0.1, 0.15) is 5.82 Å². The van der Waals surface area contributed by atoms with Crippen LogP contribution in [0.3, 0.4) is 0 Å². The van der Waals surface area contributed by atoms with Crippen LogP contribution in [0.15, 0.2) is 22.8 Å². The summed E-state index contributed by atoms with van der Waals surface area (Å²) >= 11 is 3.30. The van der Waals surface area contributed by atoms with Gasteiger partial charge in [0.2, 0.25) is 11.8 Å². The molecule has 1 N–H and O–H groups in total. The zero-order valence-electron chi connectivity index (χ0n) is 10.7. The molecule has 2 rings (SSSR count). The number of nitrogens with one attached hydrogen (secondary N) is 1. The zero-order valence-corrected chi connectivity index (χ0v) is 12.3. The van der Waals surface area contributed by atoms with Gasteiger partial charge in [0.25, 0.3) is 0 Å². The first-order valence-electron chi connectivity index (χ1n) is 6.24. The van der Waals surface area contributed by atoms with Crippen molar-refractivity contribution in [3.8, 4) is 0 Å². The SMILES string of the molecule is CC(=O)N1CCC(C(=O)Nc2ccc(Br)cn2)CC1. The van der Waals surface area contributed by atoms with Crippen molar-refractivity contribution in [1.29, 1.82) is 0 Å². The average Bonchev–Trinajstić information content (AvgIpc) is 2.41. The van der Waals surface area contributed by atoms with Crippen molar-refractivity contribution < 1.29 is 9.59 Å². The Hall–Kier alpha value is -1.43. The molecule has 5 nitrogen and oxygen atoms in total. The maximum Gasteiger partial charge on any atom is 0.228 e. The van der Waals surface area contributed by atoms with Crippen LogP contribution in [0.25, 0.3) is 0 Å². The number of piperidine rings is 1. The van der Waals surface area contributed by atoms with E-state index in [2.05, 4.69) is 26.2 Å². The molecule has 1 saturated heterocycles. The smallest absolute Gasteiger partial charge is 0.228 e. The van der Waals surface area contributed by atoms with Crippen molar-refractivity contribution in [2.24, 2.45) is 5.92 Å². The first-order chi connectivity index (χ1) is 9.06. The number of aromatic nitrogens is 1. The first-order valence-corrected chi connectivity index (χ1v) is 7.03. The highest BCUT2D eigenvalue weighted by Gasteiger charge is 2.26. The normalized spacial score (nSPS) is 16.2. The Labute approximate surface area is 120 Å². The summed E-state index contributed by atoms with van der Waals surface area (Å²) < 4.78 is 0.875. The number of carbonyl (C=O) groups excluding carboxylic acids is 2. The Bertz CT molecular complexity index is 467. The number of rotatable bonds is 2. The van der Waals surface area contributed by atoms with Crippen LogP contribution < -0.4 is 5.32 Å². The Balaban J connectivity index is 1.88. The second-order valence-electron chi connectivity index (χ2n) is 4.63. The largest absolute Gasteiger partial charge is 0.343 e. The van der Waals surface area contributed by atoms with E-state index in [9.17, 15) is 9.59 Å². The fourth-order valence-electron chi connectivity index (χ4n) is 2.13. The Morgan fingerprint density at radius 1 is 1.37 bits per heavy atom. The van der Waals surface area contributed by atoms with E-state index in [1.807, 2.05) is 6.07 Å². The predicted molar refractivity (Wildman–Crippen MR) is 75.5 cm³/mol. The topological polar surface area (TPSA) is 62.3 Å². The standard InChI is InChI=1S/C13H16BrN3O2/c1-9(18)17-6-4-10(5-7-17)13(19)16-12-3-2-11(14)8-15-12/h2-3,8,10H,4-7H2,1H3,(H,15,16,19). The van der Waals surface area contributed by atoms with E-state index in [4.69, 9.17) is 0 Å². The highest BCUT2D eigenvalue weighted by atomic mass is 79.9. The van der Waals surface area contributed by atoms with Crippen molar-refractivity contribution >= 4 is 33.6 Å². The lowest BCUT2D eigenvalue weighted by atomic mass is 9.96. The number of hydrogen-bond donors (Lipinski definition) is 1. The summed E-state index contributed by atoms with van der Waals surface area (Å²) in [7, 11) is 0. The Kier molecular flexibility index (Phi) is 4.52. The van der Waals surface area contributed by atoms with E-state index in [1.54, 1.807) is 24.1 Å². The van der Waals surface area contributed by atoms with Crippen LogP contribution in [-0.2, 0) is 9.59 Å². The molecule has 0 bridgehead atoms. The lowest BCUT2D eigenvalue weighted by Crippen LogP contribution is -2.40. The molecule has 0 aromatic carbocycles. The molecule has 0 spiro atoms. The molecule has 1 aromatic heterocycles. The van der Waals surface area contributed by atoms with E-state index < -0.39 is 0 Å². The van der Waals surface area contributed by atoms with Gasteiger partial charge in [0.15, 0.2) is 0 Å². The van der Waals surface area contributed by atoms with Crippen LogP contribution in [-0.4, -0.2) is 34.8 Å². The third kappa shape index (κ3) is 3.76. The second-order valence-corrected chi connectivity index (χ2v) is 5.55. The molecule has 0 aliphatic carbocycles. The zero-order chi connectivity index (χ0) is 13.8. The molecular formula is C13H16BrN3O2. The molecule has 2 amide bonds. The van der Waals surface area contributed by atoms with E-state index in [-0.39, 0.29) is 17.7 Å². The Morgan fingerprint density at radius 2 is 2.05 bits per heavy atom. The van der Waals surface area contributed by atoms with Gasteiger partial charge in [-0.3, -0.25) is 9.59 Å². The Morgan fingerprint density at radius 3 is 2.58 bits per heavy atom. The van der Waals surface area contributed by atoms with Crippen LogP contribution in [0, 0.1) is 5.92 Å². The number of pyridine rings is 1. The summed E-state index contributed by atoms with van der Waals surface area (Å²) in [6.07, 6.45) is 3.07. The quantitative estimate of drug-likeness (QED) is 0.905. The summed E-state index contributed by atoms with van der Waals surface area (Å²) in [6.45, 7) is 2.87. The highest BCUT2D eigenvalue weighted by molar-refractivity contribution is 9.10. The molecule has 0 unspecified atom stereocenters. The molecular weight excluding hydrogens is 310 g/mol. The molecule has 19 heavy (non-hydrogen) atoms. The van der Waals surface area contributed by atoms with Gasteiger partial charge < -0.3 is 10.2 Å². The first kappa shape index (κ1) is 14.0. The summed E-state index contributed by atoms with van der Waals surface area (Å²) in [6, 6.07) is 3.59. The third-order valence-corrected chi connectivity index (χ3v) is 3.76. The molecule has 1 aliphatic heterocycles. The van der Waals surface area contributed by atoms with Gasteiger partial charge in [0.05, 0.1) is 0 Å². The fraction of sp³-hybridized carbons (Fsp3) is 0.462. The highest BCUT2D eigenvalue weighted by Crippen LogP contribution is 2.19. The molecule has 6 heteroatoms. The van der Waals surface area contributed by atoms with Crippen LogP contribution in [0.5, 0.6) is 0 Å². The number of halogens is 1. The van der Waals surface area contributed by atoms with Crippen molar-refractivity contribution in [3.05, 3.63) is 22.8 Å². The summed E-state index contributed by atoms with van der Waals surface area (Å²) in [5.74, 6) is 0.578. The van der Waals surface area contributed by atoms with Crippen LogP contribution >= 0.6 is 15.9 Å². The molecule has 0 atom stereocenters. The van der Waals surface area contributed by atoms with E-state index >= 15 is 0 Å². The van der Waals surface area contributed by atoms with Gasteiger partial charge in [-0.05, 0) is 40.9 Å². The lowest BCUT2D eigenvalue weighted by molar-refractivity contribution is -0.132. The number of carbonyl (C=O) groups is 2. The van der Waals surface area contributed by atoms with Gasteiger partial charge in [-0.25, -0.2) is 4.98 Å². The van der Waals surface area contributed by atoms with Crippen molar-refractivity contribution in [2.75, 3.05) is 18.4 Å². The predicted octanol–water partition coefficient (Wildman–Crippen LogP) is 2.04. The van der Waals surface area contributed by atoms with Crippen LogP contribution in [0.2, 0.25) is 0 Å². The minimum atomic E-state index is -0.0407. The maximum absolute atomic E-state index is 12.1. The van der Waals surface area contributed by atoms with Crippen molar-refractivity contribution in [3.63, 3.8) is 0 Å². The minimum absolute atomic E-state index is 0.0157. The third-order valence-electron chi connectivity index (χ3n) is 3.29. The molecule has 0 saturated carbocycles. The van der Waals surface area contributed by atoms with Gasteiger partial charge >= 0.3 is 0 Å². The molecule has 1 aliphatic rings. The van der Waals surface area contributed by atoms with Crippen molar-refractivity contribution in [1.82, 2.24) is 9.88 Å². The second kappa shape index (κ2) is 6.14. The van der Waals surface area contributed by atoms with Crippen LogP contribution in [0.4, 0.5) is 5.82 Å². The fourth-order valence-corrected chi connectivity index (χ4v) is 2.37. The van der Waals surface area contributed by atoms with E-state index in [0.29, 0.717) is 31.7 Å². The number of amides is 2. The molecule has 102 valence electrons. The van der Waals surface area contributed by atoms with Gasteiger partial charge in [0, 0.05) is 36.6 Å². The molecule has 1 aromatic rings. The average molecular weight is 326 g/mol. The van der Waals surface area contributed by atoms with Gasteiger partial charge in [-0.2, -0.15) is 0 Å². The summed E-state index contributed by atoms with van der Waals surface area (Å²) in [5, 5.41) is 2.81. The molecule has 0 radical (unpaired) electrons. The number of anilines is 1. The van der Waals surface area contributed by atoms with E-state index in [0.717, 1.165) is 4.47 Å². The van der Waals surface area contributed by atoms with Crippen molar-refractivity contribution in [2.45, 2.75) is 19.8 Å². The van der Waals surface area contributed by atoms with E-state index in [1.165, 1.54) is 0 Å². The monoisotopic (exact) mass is 325 g/mol. The number of hydrogen-bond acceptors (Lipinski definition) is 3. The summed E-state index contributed by atoms with van der Waals surface area (Å²) in [5.41, 5.74) is 0. The molecule has 2 heterocycles. The molecule has 1 fully saturated rings. The number of likely N-dealkylation sites (tertiary alicyclic amines) is 1. The van der Waals surface area contributed by atoms with Crippen LogP contribution in [0.1, 0.15) is 19.8 Å².